The van der Waals surface area contributed by atoms with Crippen LogP contribution < -0.4 is 0 Å². The van der Waals surface area contributed by atoms with Crippen molar-refractivity contribution in [3.05, 3.63) is 62.8 Å². The smallest absolute Gasteiger partial charge is 0.255 e. The number of rotatable bonds is 4. The van der Waals surface area contributed by atoms with Gasteiger partial charge in [-0.1, -0.05) is 23.2 Å². The molecule has 0 spiro atoms. The fraction of sp³-hybridized carbons (Fsp3) is 0.300. The van der Waals surface area contributed by atoms with E-state index in [9.17, 15) is 13.2 Å². The van der Waals surface area contributed by atoms with Crippen LogP contribution in [0.25, 0.3) is 5.13 Å². The lowest BCUT2D eigenvalue weighted by Crippen LogP contribution is -2.50. The molecule has 11 heteroatoms. The summed E-state index contributed by atoms with van der Waals surface area (Å²) in [5, 5.41) is 3.19. The van der Waals surface area contributed by atoms with Gasteiger partial charge in [-0.2, -0.15) is 4.31 Å². The summed E-state index contributed by atoms with van der Waals surface area (Å²) in [4.78, 5) is 19.3. The van der Waals surface area contributed by atoms with Crippen molar-refractivity contribution < 1.29 is 13.2 Å². The van der Waals surface area contributed by atoms with E-state index >= 15 is 0 Å². The van der Waals surface area contributed by atoms with Gasteiger partial charge in [0.1, 0.15) is 0 Å². The van der Waals surface area contributed by atoms with E-state index in [1.807, 2.05) is 29.9 Å². The Balaban J connectivity index is 1.50. The number of aromatic nitrogens is 2. The molecule has 1 saturated heterocycles. The summed E-state index contributed by atoms with van der Waals surface area (Å²) in [5.41, 5.74) is 2.36. The van der Waals surface area contributed by atoms with Crippen molar-refractivity contribution in [3.8, 4) is 5.13 Å². The largest absolute Gasteiger partial charge is 0.336 e. The number of hydrogen-bond acceptors (Lipinski definition) is 5. The van der Waals surface area contributed by atoms with Gasteiger partial charge in [0.15, 0.2) is 5.13 Å². The molecule has 1 aliphatic rings. The van der Waals surface area contributed by atoms with E-state index in [1.54, 1.807) is 11.1 Å². The molecular weight excluding hydrogens is 479 g/mol. The Morgan fingerprint density at radius 3 is 2.39 bits per heavy atom. The molecule has 1 amide bonds. The predicted molar refractivity (Wildman–Crippen MR) is 122 cm³/mol. The maximum atomic E-state index is 13.2. The summed E-state index contributed by atoms with van der Waals surface area (Å²) < 4.78 is 29.2. The van der Waals surface area contributed by atoms with Gasteiger partial charge in [0.2, 0.25) is 10.0 Å². The van der Waals surface area contributed by atoms with Crippen LogP contribution in [0.4, 0.5) is 0 Å². The van der Waals surface area contributed by atoms with Crippen molar-refractivity contribution in [2.45, 2.75) is 18.7 Å². The first-order valence-corrected chi connectivity index (χ1v) is 12.6. The van der Waals surface area contributed by atoms with E-state index in [2.05, 4.69) is 4.98 Å². The number of halogens is 2. The summed E-state index contributed by atoms with van der Waals surface area (Å²) in [6.07, 6.45) is 1.73. The highest BCUT2D eigenvalue weighted by Crippen LogP contribution is 2.28. The summed E-state index contributed by atoms with van der Waals surface area (Å²) in [6.45, 7) is 4.86. The third-order valence-corrected chi connectivity index (χ3v) is 8.72. The maximum Gasteiger partial charge on any atom is 0.255 e. The van der Waals surface area contributed by atoms with Gasteiger partial charge in [0, 0.05) is 49.1 Å². The minimum Gasteiger partial charge on any atom is -0.336 e. The zero-order valence-corrected chi connectivity index (χ0v) is 20.0. The van der Waals surface area contributed by atoms with Crippen LogP contribution in [0.2, 0.25) is 10.0 Å². The average Bonchev–Trinajstić information content (AvgIpc) is 3.37. The molecule has 3 aromatic rings. The first kappa shape index (κ1) is 22.3. The van der Waals surface area contributed by atoms with Gasteiger partial charge in [-0.15, -0.1) is 11.3 Å². The van der Waals surface area contributed by atoms with Crippen molar-refractivity contribution >= 4 is 50.5 Å². The fourth-order valence-corrected chi connectivity index (χ4v) is 6.25. The second kappa shape index (κ2) is 8.55. The topological polar surface area (TPSA) is 75.5 Å². The second-order valence-corrected chi connectivity index (χ2v) is 10.8. The molecule has 3 heterocycles. The van der Waals surface area contributed by atoms with Crippen LogP contribution in [-0.4, -0.2) is 59.3 Å². The number of sulfonamides is 1. The van der Waals surface area contributed by atoms with E-state index in [-0.39, 0.29) is 28.9 Å². The molecule has 0 bridgehead atoms. The van der Waals surface area contributed by atoms with Crippen molar-refractivity contribution in [1.29, 1.82) is 0 Å². The number of piperazine rings is 1. The van der Waals surface area contributed by atoms with Gasteiger partial charge in [-0.3, -0.25) is 9.36 Å². The molecule has 7 nitrogen and oxygen atoms in total. The number of nitrogens with zero attached hydrogens (tertiary/aromatic N) is 4. The van der Waals surface area contributed by atoms with Crippen LogP contribution in [0.5, 0.6) is 0 Å². The highest BCUT2D eigenvalue weighted by Gasteiger charge is 2.32. The summed E-state index contributed by atoms with van der Waals surface area (Å²) in [5.74, 6) is -0.109. The fourth-order valence-electron chi connectivity index (χ4n) is 3.69. The number of aryl methyl sites for hydroxylation is 1. The number of carbonyl (C=O) groups excluding carboxylic acids is 1. The Hall–Kier alpha value is -1.91. The molecule has 164 valence electrons. The molecule has 0 atom stereocenters. The van der Waals surface area contributed by atoms with Crippen molar-refractivity contribution in [2.75, 3.05) is 26.2 Å². The Bertz CT molecular complexity index is 1230. The molecule has 31 heavy (non-hydrogen) atoms. The minimum absolute atomic E-state index is 0.0914. The molecule has 1 aliphatic heterocycles. The first-order chi connectivity index (χ1) is 14.7. The van der Waals surface area contributed by atoms with E-state index < -0.39 is 10.0 Å². The van der Waals surface area contributed by atoms with Crippen molar-refractivity contribution in [3.63, 3.8) is 0 Å². The van der Waals surface area contributed by atoms with Crippen molar-refractivity contribution in [1.82, 2.24) is 18.8 Å². The highest BCUT2D eigenvalue weighted by atomic mass is 35.5. The number of thiazole rings is 1. The van der Waals surface area contributed by atoms with Crippen LogP contribution in [0.3, 0.4) is 0 Å². The summed E-state index contributed by atoms with van der Waals surface area (Å²) >= 11 is 13.4. The van der Waals surface area contributed by atoms with Crippen LogP contribution in [0, 0.1) is 13.8 Å². The Kier molecular flexibility index (Phi) is 6.15. The van der Waals surface area contributed by atoms with E-state index in [1.165, 1.54) is 33.8 Å². The number of amides is 1. The van der Waals surface area contributed by atoms with E-state index in [0.717, 1.165) is 16.5 Å². The minimum atomic E-state index is -3.71. The molecular formula is C20H20Cl2N4O3S2. The highest BCUT2D eigenvalue weighted by molar-refractivity contribution is 7.89. The van der Waals surface area contributed by atoms with Gasteiger partial charge in [0.25, 0.3) is 5.91 Å². The molecule has 1 fully saturated rings. The normalized spacial score (nSPS) is 15.4. The number of benzene rings is 1. The number of hydrogen-bond donors (Lipinski definition) is 0. The standard InChI is InChI=1S/C20H20Cl2N4O3S2/c1-13-11-16(14(2)26(13)20-23-5-10-30-20)19(27)24-6-8-25(9-7-24)31(28,29)15-3-4-17(21)18(22)12-15/h3-5,10-12H,6-9H2,1-2H3. The molecule has 1 aromatic carbocycles. The molecule has 0 saturated carbocycles. The molecule has 4 rings (SSSR count). The van der Waals surface area contributed by atoms with Gasteiger partial charge in [0.05, 0.1) is 20.5 Å². The zero-order valence-electron chi connectivity index (χ0n) is 16.9. The Morgan fingerprint density at radius 2 is 1.77 bits per heavy atom. The third kappa shape index (κ3) is 4.12. The average molecular weight is 499 g/mol. The lowest BCUT2D eigenvalue weighted by molar-refractivity contribution is 0.0697. The van der Waals surface area contributed by atoms with Crippen LogP contribution in [0.15, 0.2) is 40.7 Å². The maximum absolute atomic E-state index is 13.2. The molecule has 0 radical (unpaired) electrons. The first-order valence-electron chi connectivity index (χ1n) is 9.53. The van der Waals surface area contributed by atoms with Gasteiger partial charge in [-0.25, -0.2) is 13.4 Å². The monoisotopic (exact) mass is 498 g/mol. The van der Waals surface area contributed by atoms with E-state index in [0.29, 0.717) is 23.7 Å². The Labute approximate surface area is 194 Å². The lowest BCUT2D eigenvalue weighted by Gasteiger charge is -2.34. The zero-order chi connectivity index (χ0) is 22.3. The SMILES string of the molecule is Cc1cc(C(=O)N2CCN(S(=O)(=O)c3ccc(Cl)c(Cl)c3)CC2)c(C)n1-c1nccs1. The molecule has 0 aliphatic carbocycles. The van der Waals surface area contributed by atoms with Gasteiger partial charge >= 0.3 is 0 Å². The lowest BCUT2D eigenvalue weighted by atomic mass is 10.2. The van der Waals surface area contributed by atoms with Gasteiger partial charge in [-0.05, 0) is 38.1 Å². The molecule has 0 N–H and O–H groups in total. The number of carbonyl (C=O) groups is 1. The quantitative estimate of drug-likeness (QED) is 0.544. The van der Waals surface area contributed by atoms with Crippen LogP contribution in [0.1, 0.15) is 21.7 Å². The van der Waals surface area contributed by atoms with E-state index in [4.69, 9.17) is 23.2 Å². The van der Waals surface area contributed by atoms with Gasteiger partial charge < -0.3 is 4.90 Å². The second-order valence-electron chi connectivity index (χ2n) is 7.21. The van der Waals surface area contributed by atoms with Crippen LogP contribution in [-0.2, 0) is 10.0 Å². The van der Waals surface area contributed by atoms with Crippen molar-refractivity contribution in [2.24, 2.45) is 0 Å². The third-order valence-electron chi connectivity index (χ3n) is 5.33. The summed E-state index contributed by atoms with van der Waals surface area (Å²) in [6, 6.07) is 6.12. The summed E-state index contributed by atoms with van der Waals surface area (Å²) in [7, 11) is -3.71. The Morgan fingerprint density at radius 1 is 1.06 bits per heavy atom. The molecule has 0 unspecified atom stereocenters. The van der Waals surface area contributed by atoms with Crippen LogP contribution >= 0.6 is 34.5 Å². The predicted octanol–water partition coefficient (Wildman–Crippen LogP) is 4.00. The molecule has 2 aromatic heterocycles.